The van der Waals surface area contributed by atoms with E-state index in [4.69, 9.17) is 5.11 Å². The van der Waals surface area contributed by atoms with Crippen LogP contribution in [0.15, 0.2) is 53.0 Å². The number of hydrogen-bond donors (Lipinski definition) is 2. The number of rotatable bonds is 3. The molecule has 4 heteroatoms. The monoisotopic (exact) mass is 305 g/mol. The first-order valence-electron chi connectivity index (χ1n) is 5.47. The Balaban J connectivity index is 1.98. The van der Waals surface area contributed by atoms with Gasteiger partial charge >= 0.3 is 0 Å². The van der Waals surface area contributed by atoms with Gasteiger partial charge in [0.1, 0.15) is 5.75 Å². The third kappa shape index (κ3) is 3.34. The smallest absolute Gasteiger partial charge is 0.251 e. The van der Waals surface area contributed by atoms with Crippen molar-refractivity contribution in [3.63, 3.8) is 0 Å². The van der Waals surface area contributed by atoms with Gasteiger partial charge in [-0.15, -0.1) is 0 Å². The number of phenolic OH excluding ortho intramolecular Hbond substituents is 1. The maximum absolute atomic E-state index is 11.9. The summed E-state index contributed by atoms with van der Waals surface area (Å²) in [6.45, 7) is 0.436. The van der Waals surface area contributed by atoms with Crippen molar-refractivity contribution in [3.05, 3.63) is 64.1 Å². The normalized spacial score (nSPS) is 10.1. The molecule has 0 spiro atoms. The molecule has 1 amide bonds. The molecule has 0 radical (unpaired) electrons. The third-order valence-electron chi connectivity index (χ3n) is 2.48. The summed E-state index contributed by atoms with van der Waals surface area (Å²) in [6.07, 6.45) is 0. The Kier molecular flexibility index (Phi) is 3.99. The quantitative estimate of drug-likeness (QED) is 0.915. The van der Waals surface area contributed by atoms with E-state index in [1.165, 1.54) is 0 Å². The number of nitrogens with one attached hydrogen (secondary N) is 1. The van der Waals surface area contributed by atoms with Crippen LogP contribution >= 0.6 is 15.9 Å². The molecule has 0 aliphatic rings. The molecule has 0 atom stereocenters. The summed E-state index contributed by atoms with van der Waals surface area (Å²) in [5.74, 6) is 0.0986. The molecule has 0 aliphatic carbocycles. The van der Waals surface area contributed by atoms with Gasteiger partial charge in [0.05, 0.1) is 0 Å². The van der Waals surface area contributed by atoms with Crippen LogP contribution in [0.5, 0.6) is 5.75 Å². The summed E-state index contributed by atoms with van der Waals surface area (Å²) in [6, 6.07) is 14.0. The number of benzene rings is 2. The first-order chi connectivity index (χ1) is 8.65. The highest BCUT2D eigenvalue weighted by Gasteiger charge is 2.05. The van der Waals surface area contributed by atoms with Gasteiger partial charge in [-0.2, -0.15) is 0 Å². The minimum atomic E-state index is -0.121. The molecular weight excluding hydrogens is 294 g/mol. The summed E-state index contributed by atoms with van der Waals surface area (Å²) >= 11 is 3.33. The largest absolute Gasteiger partial charge is 0.508 e. The van der Waals surface area contributed by atoms with E-state index in [1.54, 1.807) is 36.4 Å². The predicted octanol–water partition coefficient (Wildman–Crippen LogP) is 3.08. The Morgan fingerprint density at radius 2 is 1.89 bits per heavy atom. The van der Waals surface area contributed by atoms with Gasteiger partial charge < -0.3 is 10.4 Å². The number of phenols is 1. The van der Waals surface area contributed by atoms with Crippen LogP contribution in [-0.2, 0) is 6.54 Å². The average Bonchev–Trinajstić information content (AvgIpc) is 2.38. The molecule has 2 N–H and O–H groups in total. The van der Waals surface area contributed by atoms with Gasteiger partial charge in [-0.1, -0.05) is 34.1 Å². The molecule has 18 heavy (non-hydrogen) atoms. The van der Waals surface area contributed by atoms with E-state index in [1.807, 2.05) is 12.1 Å². The minimum Gasteiger partial charge on any atom is -0.508 e. The second kappa shape index (κ2) is 5.69. The zero-order chi connectivity index (χ0) is 13.0. The van der Waals surface area contributed by atoms with Crippen molar-refractivity contribution in [1.29, 1.82) is 0 Å². The van der Waals surface area contributed by atoms with Crippen LogP contribution in [0.25, 0.3) is 0 Å². The van der Waals surface area contributed by atoms with E-state index < -0.39 is 0 Å². The van der Waals surface area contributed by atoms with Crippen LogP contribution in [0, 0.1) is 0 Å². The van der Waals surface area contributed by atoms with E-state index in [9.17, 15) is 4.79 Å². The van der Waals surface area contributed by atoms with Crippen LogP contribution in [0.2, 0.25) is 0 Å². The fourth-order valence-electron chi connectivity index (χ4n) is 1.53. The van der Waals surface area contributed by atoms with Crippen LogP contribution in [0.3, 0.4) is 0 Å². The van der Waals surface area contributed by atoms with Crippen molar-refractivity contribution in [1.82, 2.24) is 5.32 Å². The average molecular weight is 306 g/mol. The zero-order valence-corrected chi connectivity index (χ0v) is 11.1. The lowest BCUT2D eigenvalue weighted by atomic mass is 10.2. The van der Waals surface area contributed by atoms with Gasteiger partial charge in [-0.25, -0.2) is 0 Å². The molecule has 0 unspecified atom stereocenters. The molecule has 3 nitrogen and oxygen atoms in total. The molecule has 92 valence electrons. The van der Waals surface area contributed by atoms with Crippen LogP contribution in [0.4, 0.5) is 0 Å². The Labute approximate surface area is 114 Å². The summed E-state index contributed by atoms with van der Waals surface area (Å²) in [5, 5.41) is 12.0. The van der Waals surface area contributed by atoms with Gasteiger partial charge in [0.15, 0.2) is 0 Å². The fourth-order valence-corrected chi connectivity index (χ4v) is 1.93. The Hall–Kier alpha value is -1.81. The minimum absolute atomic E-state index is 0.121. The molecule has 2 aromatic rings. The molecule has 2 aromatic carbocycles. The Bertz CT molecular complexity index is 552. The van der Waals surface area contributed by atoms with Crippen LogP contribution in [-0.4, -0.2) is 11.0 Å². The van der Waals surface area contributed by atoms with E-state index in [-0.39, 0.29) is 11.7 Å². The lowest BCUT2D eigenvalue weighted by molar-refractivity contribution is 0.0951. The highest BCUT2D eigenvalue weighted by Crippen LogP contribution is 2.12. The SMILES string of the molecule is O=C(NCc1ccc(O)cc1)c1cccc(Br)c1. The number of aromatic hydroxyl groups is 1. The maximum Gasteiger partial charge on any atom is 0.251 e. The van der Waals surface area contributed by atoms with E-state index in [0.717, 1.165) is 10.0 Å². The van der Waals surface area contributed by atoms with E-state index in [2.05, 4.69) is 21.2 Å². The summed E-state index contributed by atoms with van der Waals surface area (Å²) < 4.78 is 0.875. The van der Waals surface area contributed by atoms with Crippen molar-refractivity contribution in [2.45, 2.75) is 6.54 Å². The van der Waals surface area contributed by atoms with Gasteiger partial charge in [-0.3, -0.25) is 4.79 Å². The van der Waals surface area contributed by atoms with E-state index >= 15 is 0 Å². The predicted molar refractivity (Wildman–Crippen MR) is 73.4 cm³/mol. The summed E-state index contributed by atoms with van der Waals surface area (Å²) in [7, 11) is 0. The molecule has 2 rings (SSSR count). The first kappa shape index (κ1) is 12.6. The summed E-state index contributed by atoms with van der Waals surface area (Å²) in [5.41, 5.74) is 1.55. The second-order valence-electron chi connectivity index (χ2n) is 3.86. The molecule has 0 saturated heterocycles. The van der Waals surface area contributed by atoms with E-state index in [0.29, 0.717) is 12.1 Å². The lowest BCUT2D eigenvalue weighted by Crippen LogP contribution is -2.22. The highest BCUT2D eigenvalue weighted by molar-refractivity contribution is 9.10. The van der Waals surface area contributed by atoms with Gasteiger partial charge in [0, 0.05) is 16.6 Å². The number of carbonyl (C=O) groups is 1. The fraction of sp³-hybridized carbons (Fsp3) is 0.0714. The van der Waals surface area contributed by atoms with Crippen molar-refractivity contribution in [2.75, 3.05) is 0 Å². The Morgan fingerprint density at radius 3 is 2.56 bits per heavy atom. The molecule has 0 aromatic heterocycles. The zero-order valence-electron chi connectivity index (χ0n) is 9.56. The van der Waals surface area contributed by atoms with Gasteiger partial charge in [0.2, 0.25) is 0 Å². The Morgan fingerprint density at radius 1 is 1.17 bits per heavy atom. The van der Waals surface area contributed by atoms with Crippen LogP contribution in [0.1, 0.15) is 15.9 Å². The molecular formula is C14H12BrNO2. The first-order valence-corrected chi connectivity index (χ1v) is 6.26. The maximum atomic E-state index is 11.9. The topological polar surface area (TPSA) is 49.3 Å². The number of amides is 1. The van der Waals surface area contributed by atoms with Crippen molar-refractivity contribution in [2.24, 2.45) is 0 Å². The van der Waals surface area contributed by atoms with Crippen molar-refractivity contribution in [3.8, 4) is 5.75 Å². The van der Waals surface area contributed by atoms with Gasteiger partial charge in [0.25, 0.3) is 5.91 Å². The molecule has 0 fully saturated rings. The third-order valence-corrected chi connectivity index (χ3v) is 2.97. The standard InChI is InChI=1S/C14H12BrNO2/c15-12-3-1-2-11(8-12)14(18)16-9-10-4-6-13(17)7-5-10/h1-8,17H,9H2,(H,16,18). The molecule has 0 bridgehead atoms. The molecule has 0 heterocycles. The second-order valence-corrected chi connectivity index (χ2v) is 4.78. The number of carbonyl (C=O) groups excluding carboxylic acids is 1. The van der Waals surface area contributed by atoms with Crippen molar-refractivity contribution >= 4 is 21.8 Å². The van der Waals surface area contributed by atoms with Crippen LogP contribution < -0.4 is 5.32 Å². The highest BCUT2D eigenvalue weighted by atomic mass is 79.9. The molecule has 0 saturated carbocycles. The number of hydrogen-bond acceptors (Lipinski definition) is 2. The summed E-state index contributed by atoms with van der Waals surface area (Å²) in [4.78, 5) is 11.9. The van der Waals surface area contributed by atoms with Gasteiger partial charge in [-0.05, 0) is 35.9 Å². The lowest BCUT2D eigenvalue weighted by Gasteiger charge is -2.06. The number of halogens is 1. The molecule has 0 aliphatic heterocycles. The van der Waals surface area contributed by atoms with Crippen molar-refractivity contribution < 1.29 is 9.90 Å².